The molecule has 0 saturated carbocycles. The highest BCUT2D eigenvalue weighted by Crippen LogP contribution is 2.41. The molecule has 0 aliphatic rings. The van der Waals surface area contributed by atoms with Crippen LogP contribution in [0.25, 0.3) is 99.5 Å². The van der Waals surface area contributed by atoms with Crippen molar-refractivity contribution in [3.63, 3.8) is 0 Å². The van der Waals surface area contributed by atoms with Crippen molar-refractivity contribution in [3.05, 3.63) is 303 Å². The van der Waals surface area contributed by atoms with Gasteiger partial charge in [-0.3, -0.25) is 0 Å². The quantitative estimate of drug-likeness (QED) is 0.0955. The summed E-state index contributed by atoms with van der Waals surface area (Å²) in [6.07, 6.45) is 0. The maximum absolute atomic E-state index is 3.06. The maximum Gasteiger partial charge on any atom is 0.180 e. The first-order valence-electron chi connectivity index (χ1n) is 25.9. The van der Waals surface area contributed by atoms with Crippen molar-refractivity contribution < 1.29 is 0 Å². The molecular formula is C72H50N2Si. The molecule has 0 amide bonds. The molecule has 2 heterocycles. The SMILES string of the molecule is c1ccc(-c2cc(-c3ccccc3)cc(-n3c4ccc(-n5c6ccc(-c7ccccc7)cc6c6cc(-c7ccccc7)ccc65)cc4c4c([Si](c5ccccc5)(c5ccccc5)c5ccccc5)cccc43)c2)cc1. The van der Waals surface area contributed by atoms with E-state index in [1.54, 1.807) is 0 Å². The number of nitrogens with zero attached hydrogens (tertiary/aromatic N) is 2. The Balaban J connectivity index is 1.11. The fourth-order valence-corrected chi connectivity index (χ4v) is 17.1. The van der Waals surface area contributed by atoms with E-state index in [0.717, 1.165) is 16.9 Å². The maximum atomic E-state index is 2.54. The highest BCUT2D eigenvalue weighted by molar-refractivity contribution is 7.20. The Morgan fingerprint density at radius 1 is 0.213 bits per heavy atom. The van der Waals surface area contributed by atoms with Gasteiger partial charge in [0.2, 0.25) is 0 Å². The van der Waals surface area contributed by atoms with Gasteiger partial charge in [-0.15, -0.1) is 0 Å². The zero-order valence-corrected chi connectivity index (χ0v) is 42.3. The Morgan fingerprint density at radius 3 is 1.03 bits per heavy atom. The van der Waals surface area contributed by atoms with Crippen LogP contribution in [0.5, 0.6) is 0 Å². The molecule has 2 aromatic heterocycles. The topological polar surface area (TPSA) is 9.86 Å². The van der Waals surface area contributed by atoms with Crippen LogP contribution in [-0.2, 0) is 0 Å². The molecule has 0 aliphatic heterocycles. The first-order chi connectivity index (χ1) is 37.2. The van der Waals surface area contributed by atoms with E-state index in [1.165, 1.54) is 103 Å². The van der Waals surface area contributed by atoms with E-state index in [1.807, 2.05) is 0 Å². The summed E-state index contributed by atoms with van der Waals surface area (Å²) in [6, 6.07) is 113. The lowest BCUT2D eigenvalue weighted by Crippen LogP contribution is -2.74. The monoisotopic (exact) mass is 970 g/mol. The zero-order chi connectivity index (χ0) is 49.7. The lowest BCUT2D eigenvalue weighted by Gasteiger charge is -2.35. The third-order valence-corrected chi connectivity index (χ3v) is 20.2. The van der Waals surface area contributed by atoms with Crippen LogP contribution in [0.3, 0.4) is 0 Å². The third kappa shape index (κ3) is 7.47. The number of hydrogen-bond donors (Lipinski definition) is 0. The van der Waals surface area contributed by atoms with Crippen LogP contribution >= 0.6 is 0 Å². The normalized spacial score (nSPS) is 11.7. The van der Waals surface area contributed by atoms with Gasteiger partial charge in [0.15, 0.2) is 8.07 Å². The van der Waals surface area contributed by atoms with Crippen LogP contribution < -0.4 is 20.7 Å². The number of aromatic nitrogens is 2. The minimum absolute atomic E-state index is 1.12. The Labute approximate surface area is 438 Å². The summed E-state index contributed by atoms with van der Waals surface area (Å²) in [4.78, 5) is 0. The Kier molecular flexibility index (Phi) is 10.9. The van der Waals surface area contributed by atoms with E-state index >= 15 is 0 Å². The van der Waals surface area contributed by atoms with E-state index in [9.17, 15) is 0 Å². The third-order valence-electron chi connectivity index (χ3n) is 15.4. The minimum Gasteiger partial charge on any atom is -0.309 e. The predicted octanol–water partition coefficient (Wildman–Crippen LogP) is 15.9. The zero-order valence-electron chi connectivity index (χ0n) is 41.3. The summed E-state index contributed by atoms with van der Waals surface area (Å²) < 4.78 is 5.04. The largest absolute Gasteiger partial charge is 0.309 e. The number of hydrogen-bond acceptors (Lipinski definition) is 0. The molecule has 75 heavy (non-hydrogen) atoms. The van der Waals surface area contributed by atoms with Crippen molar-refractivity contribution in [3.8, 4) is 55.9 Å². The van der Waals surface area contributed by atoms with Gasteiger partial charge >= 0.3 is 0 Å². The van der Waals surface area contributed by atoms with Gasteiger partial charge in [0, 0.05) is 32.9 Å². The molecule has 0 atom stereocenters. The van der Waals surface area contributed by atoms with Crippen molar-refractivity contribution in [2.24, 2.45) is 0 Å². The Bertz CT molecular complexity index is 4110. The number of benzene rings is 12. The molecule has 3 heteroatoms. The van der Waals surface area contributed by atoms with Gasteiger partial charge in [-0.25, -0.2) is 0 Å². The summed E-state index contributed by atoms with van der Waals surface area (Å²) in [7, 11) is -3.06. The van der Waals surface area contributed by atoms with Crippen LogP contribution in [0.15, 0.2) is 303 Å². The summed E-state index contributed by atoms with van der Waals surface area (Å²) >= 11 is 0. The van der Waals surface area contributed by atoms with Crippen LogP contribution in [0.4, 0.5) is 0 Å². The molecule has 0 N–H and O–H groups in total. The lowest BCUT2D eigenvalue weighted by molar-refractivity contribution is 1.17. The smallest absolute Gasteiger partial charge is 0.180 e. The van der Waals surface area contributed by atoms with Gasteiger partial charge < -0.3 is 9.13 Å². The summed E-state index contributed by atoms with van der Waals surface area (Å²) in [5.41, 5.74) is 16.4. The molecule has 0 bridgehead atoms. The van der Waals surface area contributed by atoms with E-state index < -0.39 is 8.07 Å². The van der Waals surface area contributed by atoms with Gasteiger partial charge in [0.25, 0.3) is 0 Å². The second-order valence-electron chi connectivity index (χ2n) is 19.6. The number of rotatable bonds is 10. The summed E-state index contributed by atoms with van der Waals surface area (Å²) in [6.45, 7) is 0. The molecule has 0 fully saturated rings. The molecule has 0 radical (unpaired) electrons. The molecule has 352 valence electrons. The van der Waals surface area contributed by atoms with Crippen LogP contribution in [0.2, 0.25) is 0 Å². The molecule has 0 spiro atoms. The van der Waals surface area contributed by atoms with E-state index in [4.69, 9.17) is 0 Å². The first-order valence-corrected chi connectivity index (χ1v) is 27.9. The summed E-state index contributed by atoms with van der Waals surface area (Å²) in [5, 5.41) is 10.3. The van der Waals surface area contributed by atoms with E-state index in [2.05, 4.69) is 312 Å². The van der Waals surface area contributed by atoms with Crippen LogP contribution in [0.1, 0.15) is 0 Å². The van der Waals surface area contributed by atoms with Crippen molar-refractivity contribution in [1.82, 2.24) is 9.13 Å². The molecule has 0 unspecified atom stereocenters. The second-order valence-corrected chi connectivity index (χ2v) is 23.4. The van der Waals surface area contributed by atoms with Crippen molar-refractivity contribution in [1.29, 1.82) is 0 Å². The predicted molar refractivity (Wildman–Crippen MR) is 320 cm³/mol. The van der Waals surface area contributed by atoms with Crippen molar-refractivity contribution in [2.75, 3.05) is 0 Å². The average Bonchev–Trinajstić information content (AvgIpc) is 4.01. The molecule has 14 aromatic rings. The highest BCUT2D eigenvalue weighted by Gasteiger charge is 2.43. The molecule has 0 aliphatic carbocycles. The molecule has 14 rings (SSSR count). The standard InChI is InChI=1S/C72H50N2Si/c1-8-23-51(24-9-1)55-39-42-67-64(48-55)65-49-56(52-25-10-2-11-26-52)40-43-68(65)73(67)59-41-44-69-66(50-59)72-70(74(69)60-46-57(53-27-12-3-13-28-53)45-58(47-60)54-29-14-4-15-30-54)37-22-38-71(72)75(61-31-16-5-17-32-61,62-33-18-6-19-34-62)63-35-20-7-21-36-63/h1-50H. The van der Waals surface area contributed by atoms with Gasteiger partial charge in [-0.05, 0) is 132 Å². The first kappa shape index (κ1) is 44.2. The molecule has 2 nitrogen and oxygen atoms in total. The number of fused-ring (bicyclic) bond motifs is 6. The van der Waals surface area contributed by atoms with Gasteiger partial charge in [0.1, 0.15) is 0 Å². The Morgan fingerprint density at radius 2 is 0.587 bits per heavy atom. The van der Waals surface area contributed by atoms with E-state index in [0.29, 0.717) is 0 Å². The average molecular weight is 971 g/mol. The van der Waals surface area contributed by atoms with Gasteiger partial charge in [-0.1, -0.05) is 237 Å². The fourth-order valence-electron chi connectivity index (χ4n) is 12.1. The fraction of sp³-hybridized carbons (Fsp3) is 0. The van der Waals surface area contributed by atoms with Crippen molar-refractivity contribution in [2.45, 2.75) is 0 Å². The highest BCUT2D eigenvalue weighted by atomic mass is 28.3. The van der Waals surface area contributed by atoms with Crippen LogP contribution in [0, 0.1) is 0 Å². The van der Waals surface area contributed by atoms with Crippen LogP contribution in [-0.4, -0.2) is 17.2 Å². The second kappa shape index (κ2) is 18.5. The van der Waals surface area contributed by atoms with Gasteiger partial charge in [-0.2, -0.15) is 0 Å². The molecular weight excluding hydrogens is 921 g/mol. The van der Waals surface area contributed by atoms with Crippen molar-refractivity contribution >= 4 is 72.4 Å². The minimum atomic E-state index is -3.06. The van der Waals surface area contributed by atoms with Gasteiger partial charge in [0.05, 0.1) is 22.1 Å². The van der Waals surface area contributed by atoms with E-state index in [-0.39, 0.29) is 0 Å². The Hall–Kier alpha value is -9.54. The lowest BCUT2D eigenvalue weighted by atomic mass is 9.98. The molecule has 12 aromatic carbocycles. The molecule has 0 saturated heterocycles. The summed E-state index contributed by atoms with van der Waals surface area (Å²) in [5.74, 6) is 0.